The number of rotatable bonds is 11. The van der Waals surface area contributed by atoms with Gasteiger partial charge in [-0.1, -0.05) is 57.1 Å². The van der Waals surface area contributed by atoms with Crippen molar-refractivity contribution in [1.29, 1.82) is 0 Å². The zero-order valence-electron chi connectivity index (χ0n) is 16.2. The molecular weight excluding hydrogens is 332 g/mol. The van der Waals surface area contributed by atoms with Gasteiger partial charge >= 0.3 is 11.9 Å². The summed E-state index contributed by atoms with van der Waals surface area (Å²) < 4.78 is 5.47. The molecule has 0 aliphatic carbocycles. The number of allylic oxidation sites excluding steroid dienone is 1. The van der Waals surface area contributed by atoms with Gasteiger partial charge in [-0.2, -0.15) is 0 Å². The summed E-state index contributed by atoms with van der Waals surface area (Å²) in [6.07, 6.45) is 7.96. The van der Waals surface area contributed by atoms with Crippen molar-refractivity contribution in [3.63, 3.8) is 0 Å². The Bertz CT molecular complexity index is 574. The summed E-state index contributed by atoms with van der Waals surface area (Å²) in [4.78, 5) is 22.3. The fourth-order valence-electron chi connectivity index (χ4n) is 2.29. The van der Waals surface area contributed by atoms with Gasteiger partial charge in [0.05, 0.1) is 12.2 Å². The minimum Gasteiger partial charge on any atom is -0.493 e. The zero-order valence-corrected chi connectivity index (χ0v) is 16.2. The molecule has 5 heteroatoms. The van der Waals surface area contributed by atoms with Crippen molar-refractivity contribution in [2.45, 2.75) is 65.7 Å². The van der Waals surface area contributed by atoms with Gasteiger partial charge in [-0.15, -0.1) is 6.58 Å². The van der Waals surface area contributed by atoms with Gasteiger partial charge < -0.3 is 14.9 Å². The average Bonchev–Trinajstić information content (AvgIpc) is 2.56. The zero-order chi connectivity index (χ0) is 19.9. The maximum Gasteiger partial charge on any atom is 0.340 e. The van der Waals surface area contributed by atoms with Crippen LogP contribution in [0.25, 0.3) is 0 Å². The highest BCUT2D eigenvalue weighted by atomic mass is 16.5. The van der Waals surface area contributed by atoms with Crippen LogP contribution in [0.15, 0.2) is 30.4 Å². The highest BCUT2D eigenvalue weighted by Gasteiger charge is 2.20. The number of carbonyl (C=O) groups is 2. The monoisotopic (exact) mass is 364 g/mol. The summed E-state index contributed by atoms with van der Waals surface area (Å²) in [5.74, 6) is -2.43. The van der Waals surface area contributed by atoms with Crippen LogP contribution >= 0.6 is 0 Å². The van der Waals surface area contributed by atoms with Crippen molar-refractivity contribution in [2.24, 2.45) is 0 Å². The van der Waals surface area contributed by atoms with Gasteiger partial charge in [0, 0.05) is 0 Å². The Morgan fingerprint density at radius 2 is 1.50 bits per heavy atom. The molecule has 0 unspecified atom stereocenters. The van der Waals surface area contributed by atoms with Crippen molar-refractivity contribution in [2.75, 3.05) is 6.61 Å². The SMILES string of the molecule is C=C(C)C.CCCCCCCCCOc1cccc(C(=O)O)c1C(=O)O. The maximum absolute atomic E-state index is 11.2. The van der Waals surface area contributed by atoms with Crippen LogP contribution in [-0.2, 0) is 0 Å². The first-order valence-corrected chi connectivity index (χ1v) is 9.15. The molecule has 1 aromatic rings. The molecule has 1 rings (SSSR count). The number of ether oxygens (including phenoxy) is 1. The van der Waals surface area contributed by atoms with E-state index >= 15 is 0 Å². The maximum atomic E-state index is 11.2. The van der Waals surface area contributed by atoms with E-state index in [-0.39, 0.29) is 16.9 Å². The fraction of sp³-hybridized carbons (Fsp3) is 0.524. The number of hydrogen-bond acceptors (Lipinski definition) is 3. The molecule has 0 fully saturated rings. The van der Waals surface area contributed by atoms with E-state index in [4.69, 9.17) is 9.84 Å². The van der Waals surface area contributed by atoms with Crippen LogP contribution in [0.5, 0.6) is 5.75 Å². The van der Waals surface area contributed by atoms with Crippen molar-refractivity contribution in [1.82, 2.24) is 0 Å². The third kappa shape index (κ3) is 10.5. The van der Waals surface area contributed by atoms with Crippen LogP contribution in [0.3, 0.4) is 0 Å². The van der Waals surface area contributed by atoms with Gasteiger partial charge in [-0.25, -0.2) is 9.59 Å². The molecule has 0 aliphatic heterocycles. The van der Waals surface area contributed by atoms with E-state index in [0.717, 1.165) is 19.3 Å². The number of carboxylic acid groups (broad SMARTS) is 2. The summed E-state index contributed by atoms with van der Waals surface area (Å²) in [5.41, 5.74) is 0.641. The van der Waals surface area contributed by atoms with E-state index in [0.29, 0.717) is 6.61 Å². The molecule has 0 amide bonds. The van der Waals surface area contributed by atoms with Crippen molar-refractivity contribution in [3.8, 4) is 5.75 Å². The molecule has 0 saturated carbocycles. The Morgan fingerprint density at radius 1 is 0.962 bits per heavy atom. The van der Waals surface area contributed by atoms with Crippen LogP contribution < -0.4 is 4.74 Å². The lowest BCUT2D eigenvalue weighted by molar-refractivity contribution is 0.0647. The van der Waals surface area contributed by atoms with Crippen LogP contribution in [0, 0.1) is 0 Å². The van der Waals surface area contributed by atoms with Gasteiger partial charge in [-0.05, 0) is 32.4 Å². The molecule has 0 radical (unpaired) electrons. The van der Waals surface area contributed by atoms with Crippen LogP contribution in [-0.4, -0.2) is 28.8 Å². The largest absolute Gasteiger partial charge is 0.493 e. The first-order valence-electron chi connectivity index (χ1n) is 9.15. The quantitative estimate of drug-likeness (QED) is 0.383. The number of unbranched alkanes of at least 4 members (excludes halogenated alkanes) is 6. The standard InChI is InChI=1S/C17H24O5.C4H8/c1-2-3-4-5-6-7-8-12-22-14-11-9-10-13(16(18)19)15(14)17(20)21;1-4(2)3/h9-11H,2-8,12H2,1H3,(H,18,19)(H,20,21);1H2,2-3H3. The number of carboxylic acids is 2. The lowest BCUT2D eigenvalue weighted by atomic mass is 10.1. The molecule has 0 aromatic heterocycles. The van der Waals surface area contributed by atoms with Crippen molar-refractivity contribution >= 4 is 11.9 Å². The van der Waals surface area contributed by atoms with E-state index in [9.17, 15) is 14.7 Å². The Kier molecular flexibility index (Phi) is 12.7. The molecule has 0 bridgehead atoms. The van der Waals surface area contributed by atoms with Gasteiger partial charge in [0.1, 0.15) is 11.3 Å². The van der Waals surface area contributed by atoms with Gasteiger partial charge in [0.25, 0.3) is 0 Å². The molecule has 26 heavy (non-hydrogen) atoms. The van der Waals surface area contributed by atoms with Crippen LogP contribution in [0.2, 0.25) is 0 Å². The molecule has 0 atom stereocenters. The Balaban J connectivity index is 0.00000141. The molecule has 0 heterocycles. The predicted octanol–water partition coefficient (Wildman–Crippen LogP) is 5.79. The number of aromatic carboxylic acids is 2. The van der Waals surface area contributed by atoms with Crippen LogP contribution in [0.4, 0.5) is 0 Å². The Labute approximate surface area is 156 Å². The average molecular weight is 364 g/mol. The summed E-state index contributed by atoms with van der Waals surface area (Å²) in [7, 11) is 0. The second kappa shape index (κ2) is 13.9. The first kappa shape index (κ1) is 23.7. The normalized spacial score (nSPS) is 9.81. The van der Waals surface area contributed by atoms with E-state index in [1.165, 1.54) is 49.5 Å². The first-order chi connectivity index (χ1) is 12.3. The third-order valence-corrected chi connectivity index (χ3v) is 3.48. The van der Waals surface area contributed by atoms with Crippen molar-refractivity contribution < 1.29 is 24.5 Å². The van der Waals surface area contributed by atoms with E-state index in [1.54, 1.807) is 0 Å². The van der Waals surface area contributed by atoms with Gasteiger partial charge in [-0.3, -0.25) is 0 Å². The Morgan fingerprint density at radius 3 is 2.00 bits per heavy atom. The van der Waals surface area contributed by atoms with Gasteiger partial charge in [0.2, 0.25) is 0 Å². The molecular formula is C21H32O5. The molecule has 0 aliphatic rings. The van der Waals surface area contributed by atoms with Crippen LogP contribution in [0.1, 0.15) is 86.4 Å². The summed E-state index contributed by atoms with van der Waals surface area (Å²) in [5, 5.41) is 18.2. The third-order valence-electron chi connectivity index (χ3n) is 3.48. The topological polar surface area (TPSA) is 83.8 Å². The summed E-state index contributed by atoms with van der Waals surface area (Å²) in [6.45, 7) is 10.1. The van der Waals surface area contributed by atoms with E-state index < -0.39 is 11.9 Å². The lowest BCUT2D eigenvalue weighted by Gasteiger charge is -2.11. The highest BCUT2D eigenvalue weighted by Crippen LogP contribution is 2.23. The predicted molar refractivity (Wildman–Crippen MR) is 104 cm³/mol. The second-order valence-electron chi connectivity index (χ2n) is 6.47. The Hall–Kier alpha value is -2.30. The molecule has 146 valence electrons. The molecule has 0 spiro atoms. The number of benzene rings is 1. The lowest BCUT2D eigenvalue weighted by Crippen LogP contribution is -2.11. The summed E-state index contributed by atoms with van der Waals surface area (Å²) in [6, 6.07) is 4.26. The molecule has 1 aromatic carbocycles. The minimum absolute atomic E-state index is 0.124. The fourth-order valence-corrected chi connectivity index (χ4v) is 2.29. The highest BCUT2D eigenvalue weighted by molar-refractivity contribution is 6.03. The number of hydrogen-bond donors (Lipinski definition) is 2. The molecule has 5 nitrogen and oxygen atoms in total. The van der Waals surface area contributed by atoms with E-state index in [1.807, 2.05) is 13.8 Å². The smallest absolute Gasteiger partial charge is 0.340 e. The van der Waals surface area contributed by atoms with Crippen molar-refractivity contribution in [3.05, 3.63) is 41.5 Å². The van der Waals surface area contributed by atoms with Gasteiger partial charge in [0.15, 0.2) is 0 Å². The summed E-state index contributed by atoms with van der Waals surface area (Å²) >= 11 is 0. The molecule has 2 N–H and O–H groups in total. The minimum atomic E-state index is -1.28. The van der Waals surface area contributed by atoms with E-state index in [2.05, 4.69) is 13.5 Å². The molecule has 0 saturated heterocycles. The second-order valence-corrected chi connectivity index (χ2v) is 6.47.